The van der Waals surface area contributed by atoms with Crippen molar-refractivity contribution in [2.75, 3.05) is 0 Å². The molecule has 0 saturated carbocycles. The van der Waals surface area contributed by atoms with Crippen LogP contribution < -0.4 is 0 Å². The summed E-state index contributed by atoms with van der Waals surface area (Å²) in [6, 6.07) is 6.06. The van der Waals surface area contributed by atoms with Gasteiger partial charge in [-0.3, -0.25) is 9.59 Å². The molecule has 1 unspecified atom stereocenters. The number of rotatable bonds is 1. The Morgan fingerprint density at radius 3 is 2.57 bits per heavy atom. The molecule has 0 radical (unpaired) electrons. The quantitative estimate of drug-likeness (QED) is 0.398. The van der Waals surface area contributed by atoms with Crippen molar-refractivity contribution in [1.29, 1.82) is 0 Å². The topological polar surface area (TPSA) is 81.4 Å². The van der Waals surface area contributed by atoms with Gasteiger partial charge in [-0.1, -0.05) is 45.4 Å². The van der Waals surface area contributed by atoms with Crippen LogP contribution in [-0.2, 0) is 21.4 Å². The van der Waals surface area contributed by atoms with Gasteiger partial charge in [0.05, 0.1) is 17.1 Å². The van der Waals surface area contributed by atoms with E-state index in [1.807, 2.05) is 64.4 Å². The summed E-state index contributed by atoms with van der Waals surface area (Å²) in [5.74, 6) is 0.190. The van der Waals surface area contributed by atoms with Gasteiger partial charge in [0.1, 0.15) is 17.7 Å². The van der Waals surface area contributed by atoms with Crippen molar-refractivity contribution < 1.29 is 19.4 Å². The maximum absolute atomic E-state index is 13.2. The van der Waals surface area contributed by atoms with Gasteiger partial charge in [-0.2, -0.15) is 0 Å². The number of hydrogen-bond donors (Lipinski definition) is 1. The minimum absolute atomic E-state index is 0.000318. The van der Waals surface area contributed by atoms with E-state index in [4.69, 9.17) is 4.74 Å². The number of ether oxygens (including phenoxy) is 1. The fourth-order valence-electron chi connectivity index (χ4n) is 5.09. The second kappa shape index (κ2) is 11.1. The van der Waals surface area contributed by atoms with E-state index in [2.05, 4.69) is 18.0 Å². The second-order valence-corrected chi connectivity index (χ2v) is 11.1. The molecule has 6 heteroatoms. The van der Waals surface area contributed by atoms with E-state index in [1.165, 1.54) is 5.57 Å². The van der Waals surface area contributed by atoms with E-state index in [-0.39, 0.29) is 24.1 Å². The Labute approximate surface area is 209 Å². The predicted octanol–water partition coefficient (Wildman–Crippen LogP) is 5.99. The zero-order valence-electron chi connectivity index (χ0n) is 22.4. The number of fused-ring (bicyclic) bond motifs is 1. The van der Waals surface area contributed by atoms with Gasteiger partial charge in [0.2, 0.25) is 0 Å². The van der Waals surface area contributed by atoms with Gasteiger partial charge in [-0.05, 0) is 63.1 Å². The van der Waals surface area contributed by atoms with E-state index < -0.39 is 23.5 Å². The minimum atomic E-state index is -0.716. The summed E-state index contributed by atoms with van der Waals surface area (Å²) < 4.78 is 8.03. The molecule has 3 rings (SSSR count). The molecule has 1 aliphatic rings. The number of benzene rings is 1. The Balaban J connectivity index is 1.89. The first-order valence-electron chi connectivity index (χ1n) is 12.9. The lowest BCUT2D eigenvalue weighted by Gasteiger charge is -2.31. The van der Waals surface area contributed by atoms with Gasteiger partial charge in [0.25, 0.3) is 0 Å². The highest BCUT2D eigenvalue weighted by atomic mass is 16.5. The molecule has 1 aromatic carbocycles. The average molecular weight is 483 g/mol. The zero-order valence-corrected chi connectivity index (χ0v) is 22.4. The van der Waals surface area contributed by atoms with Crippen molar-refractivity contribution in [2.24, 2.45) is 24.3 Å². The third kappa shape index (κ3) is 6.40. The third-order valence-electron chi connectivity index (χ3n) is 7.81. The summed E-state index contributed by atoms with van der Waals surface area (Å²) >= 11 is 0. The van der Waals surface area contributed by atoms with Crippen LogP contribution in [0.25, 0.3) is 11.0 Å². The normalized spacial score (nSPS) is 29.0. The fourth-order valence-corrected chi connectivity index (χ4v) is 5.09. The van der Waals surface area contributed by atoms with Crippen molar-refractivity contribution in [3.63, 3.8) is 0 Å². The molecule has 2 aromatic rings. The van der Waals surface area contributed by atoms with Gasteiger partial charge in [-0.15, -0.1) is 0 Å². The monoisotopic (exact) mass is 482 g/mol. The van der Waals surface area contributed by atoms with Crippen LogP contribution in [0, 0.1) is 24.2 Å². The number of carbonyl (C=O) groups is 2. The summed E-state index contributed by atoms with van der Waals surface area (Å²) in [7, 11) is 1.99. The molecule has 192 valence electrons. The van der Waals surface area contributed by atoms with Crippen LogP contribution in [0.4, 0.5) is 0 Å². The SMILES string of the molecule is C/C1=C/C[C@@H](c2ccc3c(c2)nc(C)n3C)OC(=O)CCC(C)(C)C(=O)[C@H](C)C(O)[C@@H](C)CCC1. The molecule has 0 fully saturated rings. The van der Waals surface area contributed by atoms with Crippen molar-refractivity contribution in [1.82, 2.24) is 9.55 Å². The van der Waals surface area contributed by atoms with Gasteiger partial charge >= 0.3 is 5.97 Å². The van der Waals surface area contributed by atoms with Crippen LogP contribution in [0.3, 0.4) is 0 Å². The number of aliphatic hydroxyl groups excluding tert-OH is 1. The number of Topliss-reactive ketones (excluding diaryl/α,β-unsaturated/α-hetero) is 1. The average Bonchev–Trinajstić information content (AvgIpc) is 3.10. The van der Waals surface area contributed by atoms with Crippen LogP contribution in [0.15, 0.2) is 29.8 Å². The molecule has 0 aliphatic carbocycles. The van der Waals surface area contributed by atoms with Crippen molar-refractivity contribution in [3.8, 4) is 0 Å². The number of ketones is 1. The summed E-state index contributed by atoms with van der Waals surface area (Å²) in [6.45, 7) is 11.6. The molecule has 1 aliphatic heterocycles. The molecule has 0 saturated heterocycles. The molecule has 0 amide bonds. The van der Waals surface area contributed by atoms with E-state index in [0.717, 1.165) is 41.7 Å². The molecule has 0 bridgehead atoms. The number of carbonyl (C=O) groups excluding carboxylic acids is 2. The largest absolute Gasteiger partial charge is 0.457 e. The number of allylic oxidation sites excluding steroid dienone is 1. The lowest BCUT2D eigenvalue weighted by molar-refractivity contribution is -0.150. The van der Waals surface area contributed by atoms with E-state index in [1.54, 1.807) is 0 Å². The van der Waals surface area contributed by atoms with E-state index in [0.29, 0.717) is 12.8 Å². The molecular formula is C29H42N2O4. The fraction of sp³-hybridized carbons (Fsp3) is 0.621. The number of hydrogen-bond acceptors (Lipinski definition) is 5. The Hall–Kier alpha value is -2.47. The lowest BCUT2D eigenvalue weighted by atomic mass is 9.74. The Morgan fingerprint density at radius 1 is 1.14 bits per heavy atom. The van der Waals surface area contributed by atoms with Gasteiger partial charge in [-0.25, -0.2) is 4.98 Å². The van der Waals surface area contributed by atoms with Crippen LogP contribution in [0.2, 0.25) is 0 Å². The molecule has 0 spiro atoms. The standard InChI is InChI=1S/C29H42N2O4/c1-18-9-8-10-19(2)27(33)20(3)28(34)29(5,6)16-15-26(32)35-25(14-11-18)22-12-13-24-23(17-22)30-21(4)31(24)7/h11-13,17,19-20,25,27,33H,8-10,14-16H2,1-7H3/b18-11-/t19-,20+,25-,27?/m0/s1. The number of aryl methyl sites for hydroxylation is 2. The van der Waals surface area contributed by atoms with Gasteiger partial charge < -0.3 is 14.4 Å². The number of esters is 1. The van der Waals surface area contributed by atoms with Crippen LogP contribution in [-0.4, -0.2) is 32.5 Å². The van der Waals surface area contributed by atoms with Crippen molar-refractivity contribution >= 4 is 22.8 Å². The lowest BCUT2D eigenvalue weighted by Crippen LogP contribution is -2.39. The number of imidazole rings is 1. The summed E-state index contributed by atoms with van der Waals surface area (Å²) in [6.07, 6.45) is 4.91. The number of aliphatic hydroxyl groups is 1. The van der Waals surface area contributed by atoms with Gasteiger partial charge in [0.15, 0.2) is 0 Å². The summed E-state index contributed by atoms with van der Waals surface area (Å²) in [5, 5.41) is 10.8. The molecular weight excluding hydrogens is 440 g/mol. The minimum Gasteiger partial charge on any atom is -0.457 e. The third-order valence-corrected chi connectivity index (χ3v) is 7.81. The Morgan fingerprint density at radius 2 is 1.86 bits per heavy atom. The molecule has 2 heterocycles. The molecule has 1 aromatic heterocycles. The Kier molecular flexibility index (Phi) is 8.58. The molecule has 4 atom stereocenters. The highest BCUT2D eigenvalue weighted by Gasteiger charge is 2.37. The predicted molar refractivity (Wildman–Crippen MR) is 139 cm³/mol. The van der Waals surface area contributed by atoms with Crippen LogP contribution >= 0.6 is 0 Å². The Bertz CT molecular complexity index is 1100. The number of nitrogens with zero attached hydrogens (tertiary/aromatic N) is 2. The van der Waals surface area contributed by atoms with E-state index >= 15 is 0 Å². The maximum atomic E-state index is 13.2. The smallest absolute Gasteiger partial charge is 0.306 e. The van der Waals surface area contributed by atoms with Crippen molar-refractivity contribution in [3.05, 3.63) is 41.2 Å². The zero-order chi connectivity index (χ0) is 25.9. The summed E-state index contributed by atoms with van der Waals surface area (Å²) in [4.78, 5) is 30.8. The molecule has 6 nitrogen and oxygen atoms in total. The maximum Gasteiger partial charge on any atom is 0.306 e. The number of cyclic esters (lactones) is 1. The van der Waals surface area contributed by atoms with Gasteiger partial charge in [0, 0.05) is 31.2 Å². The molecule has 35 heavy (non-hydrogen) atoms. The van der Waals surface area contributed by atoms with E-state index in [9.17, 15) is 14.7 Å². The highest BCUT2D eigenvalue weighted by Crippen LogP contribution is 2.33. The second-order valence-electron chi connectivity index (χ2n) is 11.1. The number of aromatic nitrogens is 2. The van der Waals surface area contributed by atoms with Crippen LogP contribution in [0.5, 0.6) is 0 Å². The first kappa shape index (κ1) is 27.1. The highest BCUT2D eigenvalue weighted by molar-refractivity contribution is 5.87. The van der Waals surface area contributed by atoms with Crippen LogP contribution in [0.1, 0.15) is 90.6 Å². The molecule has 1 N–H and O–H groups in total. The van der Waals surface area contributed by atoms with Crippen molar-refractivity contribution in [2.45, 2.75) is 92.3 Å². The summed E-state index contributed by atoms with van der Waals surface area (Å²) in [5.41, 5.74) is 3.38. The first-order chi connectivity index (χ1) is 16.4. The first-order valence-corrected chi connectivity index (χ1v) is 12.9.